The van der Waals surface area contributed by atoms with Gasteiger partial charge in [0.25, 0.3) is 0 Å². The molecule has 3 atom stereocenters. The van der Waals surface area contributed by atoms with Crippen molar-refractivity contribution < 1.29 is 0 Å². The van der Waals surface area contributed by atoms with Crippen LogP contribution in [0.1, 0.15) is 37.7 Å². The summed E-state index contributed by atoms with van der Waals surface area (Å²) in [4.78, 5) is 8.13. The van der Waals surface area contributed by atoms with Crippen molar-refractivity contribution in [3.63, 3.8) is 0 Å². The van der Waals surface area contributed by atoms with E-state index in [1.54, 1.807) is 6.33 Å². The molecule has 0 aliphatic heterocycles. The van der Waals surface area contributed by atoms with Crippen LogP contribution in [-0.2, 0) is 0 Å². The van der Waals surface area contributed by atoms with Gasteiger partial charge in [-0.05, 0) is 36.7 Å². The summed E-state index contributed by atoms with van der Waals surface area (Å²) >= 11 is 0. The van der Waals surface area contributed by atoms with Crippen LogP contribution in [0.2, 0.25) is 0 Å². The van der Waals surface area contributed by atoms with Crippen LogP contribution in [0.5, 0.6) is 0 Å². The number of rotatable bonds is 1. The van der Waals surface area contributed by atoms with Gasteiger partial charge in [-0.25, -0.2) is 9.97 Å². The summed E-state index contributed by atoms with van der Waals surface area (Å²) in [7, 11) is 0. The SMILES string of the molecule is CC1CCC(N)CC1c1cncnc1. The van der Waals surface area contributed by atoms with Crippen LogP contribution in [0.3, 0.4) is 0 Å². The van der Waals surface area contributed by atoms with Gasteiger partial charge in [-0.15, -0.1) is 0 Å². The van der Waals surface area contributed by atoms with Crippen LogP contribution in [0.4, 0.5) is 0 Å². The van der Waals surface area contributed by atoms with Gasteiger partial charge in [-0.3, -0.25) is 0 Å². The highest BCUT2D eigenvalue weighted by Gasteiger charge is 2.27. The molecule has 0 bridgehead atoms. The van der Waals surface area contributed by atoms with Gasteiger partial charge in [0, 0.05) is 18.4 Å². The summed E-state index contributed by atoms with van der Waals surface area (Å²) in [5.74, 6) is 1.26. The lowest BCUT2D eigenvalue weighted by Crippen LogP contribution is -2.31. The molecule has 2 N–H and O–H groups in total. The first kappa shape index (κ1) is 9.59. The quantitative estimate of drug-likeness (QED) is 0.735. The second-order valence-corrected chi connectivity index (χ2v) is 4.33. The lowest BCUT2D eigenvalue weighted by Gasteiger charge is -2.32. The van der Waals surface area contributed by atoms with Gasteiger partial charge in [-0.1, -0.05) is 6.92 Å². The lowest BCUT2D eigenvalue weighted by molar-refractivity contribution is 0.299. The van der Waals surface area contributed by atoms with Gasteiger partial charge in [-0.2, -0.15) is 0 Å². The summed E-state index contributed by atoms with van der Waals surface area (Å²) in [6, 6.07) is 0.358. The molecule has 1 aromatic heterocycles. The van der Waals surface area contributed by atoms with Gasteiger partial charge < -0.3 is 5.73 Å². The standard InChI is InChI=1S/C11H17N3/c1-8-2-3-10(12)4-11(8)9-5-13-7-14-6-9/h5-8,10-11H,2-4,12H2,1H3. The Morgan fingerprint density at radius 3 is 2.71 bits per heavy atom. The van der Waals surface area contributed by atoms with Crippen molar-refractivity contribution in [1.82, 2.24) is 9.97 Å². The Balaban J connectivity index is 2.16. The minimum atomic E-state index is 0.358. The molecular formula is C11H17N3. The zero-order chi connectivity index (χ0) is 9.97. The van der Waals surface area contributed by atoms with Crippen LogP contribution in [0.15, 0.2) is 18.7 Å². The van der Waals surface area contributed by atoms with Gasteiger partial charge in [0.15, 0.2) is 0 Å². The van der Waals surface area contributed by atoms with Crippen LogP contribution < -0.4 is 5.73 Å². The first-order chi connectivity index (χ1) is 6.77. The molecule has 0 saturated heterocycles. The van der Waals surface area contributed by atoms with E-state index >= 15 is 0 Å². The number of nitrogens with zero attached hydrogens (tertiary/aromatic N) is 2. The minimum absolute atomic E-state index is 0.358. The van der Waals surface area contributed by atoms with E-state index in [9.17, 15) is 0 Å². The highest BCUT2D eigenvalue weighted by Crippen LogP contribution is 2.36. The monoisotopic (exact) mass is 191 g/mol. The Morgan fingerprint density at radius 2 is 2.00 bits per heavy atom. The molecule has 1 fully saturated rings. The second-order valence-electron chi connectivity index (χ2n) is 4.33. The van der Waals surface area contributed by atoms with Crippen LogP contribution in [0.25, 0.3) is 0 Å². The molecule has 1 aliphatic carbocycles. The minimum Gasteiger partial charge on any atom is -0.328 e. The summed E-state index contributed by atoms with van der Waals surface area (Å²) in [6.45, 7) is 2.30. The Morgan fingerprint density at radius 1 is 1.29 bits per heavy atom. The summed E-state index contributed by atoms with van der Waals surface area (Å²) in [5, 5.41) is 0. The zero-order valence-corrected chi connectivity index (χ0v) is 8.56. The fourth-order valence-electron chi connectivity index (χ4n) is 2.32. The molecule has 3 unspecified atom stereocenters. The van der Waals surface area contributed by atoms with Gasteiger partial charge in [0.1, 0.15) is 6.33 Å². The van der Waals surface area contributed by atoms with Gasteiger partial charge in [0.05, 0.1) is 0 Å². The first-order valence-corrected chi connectivity index (χ1v) is 5.28. The average Bonchev–Trinajstić information content (AvgIpc) is 2.23. The molecular weight excluding hydrogens is 174 g/mol. The number of hydrogen-bond acceptors (Lipinski definition) is 3. The molecule has 0 amide bonds. The first-order valence-electron chi connectivity index (χ1n) is 5.28. The normalized spacial score (nSPS) is 32.9. The summed E-state index contributed by atoms with van der Waals surface area (Å²) in [6.07, 6.45) is 8.88. The molecule has 76 valence electrons. The molecule has 1 heterocycles. The largest absolute Gasteiger partial charge is 0.328 e. The maximum absolute atomic E-state index is 5.98. The van der Waals surface area contributed by atoms with E-state index in [2.05, 4.69) is 16.9 Å². The fraction of sp³-hybridized carbons (Fsp3) is 0.636. The van der Waals surface area contributed by atoms with E-state index in [4.69, 9.17) is 5.73 Å². The molecule has 1 aromatic rings. The maximum atomic E-state index is 5.98. The molecule has 3 heteroatoms. The zero-order valence-electron chi connectivity index (χ0n) is 8.56. The van der Waals surface area contributed by atoms with E-state index in [1.807, 2.05) is 12.4 Å². The topological polar surface area (TPSA) is 51.8 Å². The highest BCUT2D eigenvalue weighted by atomic mass is 14.8. The maximum Gasteiger partial charge on any atom is 0.115 e. The van der Waals surface area contributed by atoms with Crippen molar-refractivity contribution in [2.24, 2.45) is 11.7 Å². The van der Waals surface area contributed by atoms with E-state index in [0.717, 1.165) is 12.8 Å². The fourth-order valence-corrected chi connectivity index (χ4v) is 2.32. The average molecular weight is 191 g/mol. The Kier molecular flexibility index (Phi) is 2.77. The molecule has 2 rings (SSSR count). The van der Waals surface area contributed by atoms with E-state index < -0.39 is 0 Å². The predicted octanol–water partition coefficient (Wildman–Crippen LogP) is 1.71. The van der Waals surface area contributed by atoms with Crippen molar-refractivity contribution in [2.45, 2.75) is 38.1 Å². The number of hydrogen-bond donors (Lipinski definition) is 1. The Bertz CT molecular complexity index is 286. The third kappa shape index (κ3) is 1.93. The van der Waals surface area contributed by atoms with Gasteiger partial charge in [0.2, 0.25) is 0 Å². The van der Waals surface area contributed by atoms with E-state index in [1.165, 1.54) is 12.0 Å². The van der Waals surface area contributed by atoms with Crippen molar-refractivity contribution >= 4 is 0 Å². The highest BCUT2D eigenvalue weighted by molar-refractivity contribution is 5.13. The van der Waals surface area contributed by atoms with Crippen molar-refractivity contribution in [1.29, 1.82) is 0 Å². The molecule has 14 heavy (non-hydrogen) atoms. The molecule has 1 aliphatic rings. The third-order valence-electron chi connectivity index (χ3n) is 3.25. The summed E-state index contributed by atoms with van der Waals surface area (Å²) in [5.41, 5.74) is 7.23. The van der Waals surface area contributed by atoms with Crippen LogP contribution in [-0.4, -0.2) is 16.0 Å². The molecule has 1 saturated carbocycles. The second kappa shape index (κ2) is 4.05. The lowest BCUT2D eigenvalue weighted by atomic mass is 9.75. The van der Waals surface area contributed by atoms with Gasteiger partial charge >= 0.3 is 0 Å². The molecule has 0 aromatic carbocycles. The van der Waals surface area contributed by atoms with E-state index in [-0.39, 0.29) is 0 Å². The van der Waals surface area contributed by atoms with Crippen LogP contribution >= 0.6 is 0 Å². The molecule has 0 spiro atoms. The Labute approximate surface area is 84.8 Å². The van der Waals surface area contributed by atoms with Crippen molar-refractivity contribution in [3.8, 4) is 0 Å². The molecule has 3 nitrogen and oxygen atoms in total. The third-order valence-corrected chi connectivity index (χ3v) is 3.25. The number of aromatic nitrogens is 2. The smallest absolute Gasteiger partial charge is 0.115 e. The number of nitrogens with two attached hydrogens (primary N) is 1. The molecule has 0 radical (unpaired) electrons. The van der Waals surface area contributed by atoms with E-state index in [0.29, 0.717) is 17.9 Å². The van der Waals surface area contributed by atoms with Crippen molar-refractivity contribution in [2.75, 3.05) is 0 Å². The van der Waals surface area contributed by atoms with Crippen LogP contribution in [0, 0.1) is 5.92 Å². The predicted molar refractivity (Wildman–Crippen MR) is 55.8 cm³/mol. The summed E-state index contributed by atoms with van der Waals surface area (Å²) < 4.78 is 0. The Hall–Kier alpha value is -0.960. The van der Waals surface area contributed by atoms with Crippen molar-refractivity contribution in [3.05, 3.63) is 24.3 Å².